The highest BCUT2D eigenvalue weighted by atomic mass is 35.5. The number of hydrogen-bond donors (Lipinski definition) is 0. The molecule has 0 unspecified atom stereocenters. The molecule has 0 heterocycles. The zero-order valence-electron chi connectivity index (χ0n) is 14.2. The van der Waals surface area contributed by atoms with Crippen LogP contribution in [0.1, 0.15) is 49.5 Å². The highest BCUT2D eigenvalue weighted by molar-refractivity contribution is 6.42. The predicted molar refractivity (Wildman–Crippen MR) is 104 cm³/mol. The fourth-order valence-corrected chi connectivity index (χ4v) is 3.42. The van der Waals surface area contributed by atoms with Crippen molar-refractivity contribution in [3.05, 3.63) is 68.7 Å². The molecular weight excluding hydrogens is 363 g/mol. The molecule has 1 nitrogen and oxygen atoms in total. The highest BCUT2D eigenvalue weighted by Gasteiger charge is 2.54. The van der Waals surface area contributed by atoms with Crippen LogP contribution in [-0.2, 0) is 0 Å². The molecule has 1 fully saturated rings. The van der Waals surface area contributed by atoms with Crippen LogP contribution in [0.5, 0.6) is 0 Å². The fourth-order valence-electron chi connectivity index (χ4n) is 3.00. The largest absolute Gasteiger partial charge is 0.295 e. The second-order valence-electron chi connectivity index (χ2n) is 6.82. The smallest absolute Gasteiger partial charge is 0.159 e. The summed E-state index contributed by atoms with van der Waals surface area (Å²) < 4.78 is 0. The fraction of sp³-hybridized carbons (Fsp3) is 0.350. The molecule has 0 N–H and O–H groups in total. The van der Waals surface area contributed by atoms with Gasteiger partial charge in [-0.2, -0.15) is 0 Å². The second-order valence-corrected chi connectivity index (χ2v) is 8.08. The lowest BCUT2D eigenvalue weighted by molar-refractivity contribution is 0.101. The van der Waals surface area contributed by atoms with Gasteiger partial charge in [0.2, 0.25) is 0 Å². The first kappa shape index (κ1) is 19.3. The Morgan fingerprint density at radius 2 is 1.50 bits per heavy atom. The van der Waals surface area contributed by atoms with Crippen LogP contribution < -0.4 is 0 Å². The maximum absolute atomic E-state index is 10.8. The van der Waals surface area contributed by atoms with E-state index in [-0.39, 0.29) is 5.78 Å². The molecule has 0 radical (unpaired) electrons. The maximum atomic E-state index is 10.8. The van der Waals surface area contributed by atoms with Gasteiger partial charge < -0.3 is 0 Å². The van der Waals surface area contributed by atoms with Crippen molar-refractivity contribution in [1.29, 1.82) is 0 Å². The van der Waals surface area contributed by atoms with Crippen molar-refractivity contribution >= 4 is 40.6 Å². The minimum absolute atomic E-state index is 0.0106. The van der Waals surface area contributed by atoms with Gasteiger partial charge in [-0.25, -0.2) is 0 Å². The van der Waals surface area contributed by atoms with Crippen LogP contribution in [0.15, 0.2) is 42.5 Å². The summed E-state index contributed by atoms with van der Waals surface area (Å²) in [6, 6.07) is 13.1. The molecule has 0 saturated heterocycles. The van der Waals surface area contributed by atoms with Crippen molar-refractivity contribution in [2.24, 2.45) is 11.3 Å². The van der Waals surface area contributed by atoms with E-state index in [2.05, 4.69) is 32.9 Å². The zero-order valence-corrected chi connectivity index (χ0v) is 16.5. The molecule has 2 atom stereocenters. The van der Waals surface area contributed by atoms with Crippen LogP contribution in [0.25, 0.3) is 0 Å². The Morgan fingerprint density at radius 3 is 1.92 bits per heavy atom. The Balaban J connectivity index is 0.000000177. The Labute approximate surface area is 158 Å². The maximum Gasteiger partial charge on any atom is 0.159 e. The van der Waals surface area contributed by atoms with Crippen molar-refractivity contribution in [3.63, 3.8) is 0 Å². The van der Waals surface area contributed by atoms with Gasteiger partial charge >= 0.3 is 0 Å². The third-order valence-corrected chi connectivity index (χ3v) is 5.91. The average Bonchev–Trinajstić information content (AvgIpc) is 3.02. The molecule has 24 heavy (non-hydrogen) atoms. The summed E-state index contributed by atoms with van der Waals surface area (Å²) in [6.07, 6.45) is 0. The topological polar surface area (TPSA) is 17.1 Å². The molecule has 2 aromatic rings. The molecule has 0 bridgehead atoms. The van der Waals surface area contributed by atoms with Crippen molar-refractivity contribution in [2.45, 2.75) is 33.6 Å². The number of carbonyl (C=O) groups excluding carboxylic acids is 1. The van der Waals surface area contributed by atoms with Gasteiger partial charge in [0.1, 0.15) is 0 Å². The number of halogens is 3. The zero-order chi connectivity index (χ0) is 18.1. The molecule has 4 heteroatoms. The third kappa shape index (κ3) is 4.33. The van der Waals surface area contributed by atoms with Crippen LogP contribution in [0.4, 0.5) is 0 Å². The standard InChI is InChI=1S/C12H15Cl.C8H6Cl2O/c1-8-11(12(8,2)3)9-4-6-10(13)7-5-9;1-5(11)6-2-3-7(9)8(10)4-6/h4-8,11H,1-3H3;2-4H,1H3/t8-,11+;/m0./s1. The average molecular weight is 384 g/mol. The normalized spacial score (nSPS) is 20.8. The van der Waals surface area contributed by atoms with Gasteiger partial charge in [-0.15, -0.1) is 0 Å². The first-order valence-electron chi connectivity index (χ1n) is 7.86. The summed E-state index contributed by atoms with van der Waals surface area (Å²) in [4.78, 5) is 10.8. The number of carbonyl (C=O) groups is 1. The van der Waals surface area contributed by atoms with E-state index in [0.29, 0.717) is 21.0 Å². The van der Waals surface area contributed by atoms with Gasteiger partial charge in [-0.3, -0.25) is 4.79 Å². The number of hydrogen-bond acceptors (Lipinski definition) is 1. The molecular formula is C20H21Cl3O. The van der Waals surface area contributed by atoms with Crippen molar-refractivity contribution in [2.75, 3.05) is 0 Å². The molecule has 2 aromatic carbocycles. The molecule has 1 saturated carbocycles. The van der Waals surface area contributed by atoms with Crippen LogP contribution >= 0.6 is 34.8 Å². The lowest BCUT2D eigenvalue weighted by Gasteiger charge is -2.02. The summed E-state index contributed by atoms with van der Waals surface area (Å²) in [5, 5.41) is 1.71. The van der Waals surface area contributed by atoms with Crippen LogP contribution in [0.3, 0.4) is 0 Å². The Kier molecular flexibility index (Phi) is 6.01. The van der Waals surface area contributed by atoms with Crippen molar-refractivity contribution in [1.82, 2.24) is 0 Å². The molecule has 0 amide bonds. The predicted octanol–water partition coefficient (Wildman–Crippen LogP) is 7.30. The summed E-state index contributed by atoms with van der Waals surface area (Å²) >= 11 is 17.2. The number of ketones is 1. The summed E-state index contributed by atoms with van der Waals surface area (Å²) in [7, 11) is 0. The Morgan fingerprint density at radius 1 is 0.958 bits per heavy atom. The molecule has 1 aliphatic carbocycles. The molecule has 0 aromatic heterocycles. The highest BCUT2D eigenvalue weighted by Crippen LogP contribution is 2.63. The number of benzene rings is 2. The number of Topliss-reactive ketones (excluding diaryl/α,β-unsaturated/α-hetero) is 1. The lowest BCUT2D eigenvalue weighted by Crippen LogP contribution is -1.90. The van der Waals surface area contributed by atoms with Gasteiger partial charge in [0.25, 0.3) is 0 Å². The second kappa shape index (κ2) is 7.47. The minimum atomic E-state index is -0.0106. The van der Waals surface area contributed by atoms with E-state index in [1.54, 1.807) is 18.2 Å². The minimum Gasteiger partial charge on any atom is -0.295 e. The van der Waals surface area contributed by atoms with Gasteiger partial charge in [0, 0.05) is 10.6 Å². The monoisotopic (exact) mass is 382 g/mol. The van der Waals surface area contributed by atoms with Crippen molar-refractivity contribution in [3.8, 4) is 0 Å². The molecule has 0 spiro atoms. The van der Waals surface area contributed by atoms with Crippen LogP contribution in [0.2, 0.25) is 15.1 Å². The SMILES string of the molecule is CC(=O)c1ccc(Cl)c(Cl)c1.C[C@H]1[C@H](c2ccc(Cl)cc2)C1(C)C. The van der Waals surface area contributed by atoms with E-state index in [9.17, 15) is 4.79 Å². The first-order valence-corrected chi connectivity index (χ1v) is 8.99. The van der Waals surface area contributed by atoms with Gasteiger partial charge in [0.15, 0.2) is 5.78 Å². The number of rotatable bonds is 2. The summed E-state index contributed by atoms with van der Waals surface area (Å²) in [6.45, 7) is 8.47. The quantitative estimate of drug-likeness (QED) is 0.497. The molecule has 0 aliphatic heterocycles. The van der Waals surface area contributed by atoms with Gasteiger partial charge in [-0.05, 0) is 60.1 Å². The van der Waals surface area contributed by atoms with E-state index >= 15 is 0 Å². The Hall–Kier alpha value is -1.02. The summed E-state index contributed by atoms with van der Waals surface area (Å²) in [5.41, 5.74) is 2.50. The van der Waals surface area contributed by atoms with E-state index in [1.807, 2.05) is 12.1 Å². The third-order valence-electron chi connectivity index (χ3n) is 4.92. The van der Waals surface area contributed by atoms with Crippen LogP contribution in [0, 0.1) is 11.3 Å². The van der Waals surface area contributed by atoms with Gasteiger partial charge in [0.05, 0.1) is 10.0 Å². The molecule has 3 rings (SSSR count). The van der Waals surface area contributed by atoms with E-state index < -0.39 is 0 Å². The van der Waals surface area contributed by atoms with Crippen molar-refractivity contribution < 1.29 is 4.79 Å². The van der Waals surface area contributed by atoms with E-state index in [1.165, 1.54) is 12.5 Å². The first-order chi connectivity index (χ1) is 11.1. The van der Waals surface area contributed by atoms with Crippen LogP contribution in [-0.4, -0.2) is 5.78 Å². The van der Waals surface area contributed by atoms with E-state index in [4.69, 9.17) is 34.8 Å². The molecule has 128 valence electrons. The molecule has 1 aliphatic rings. The van der Waals surface area contributed by atoms with Gasteiger partial charge in [-0.1, -0.05) is 67.7 Å². The lowest BCUT2D eigenvalue weighted by atomic mass is 10.0. The Bertz CT molecular complexity index is 735. The van der Waals surface area contributed by atoms with E-state index in [0.717, 1.165) is 16.9 Å². The summed E-state index contributed by atoms with van der Waals surface area (Å²) in [5.74, 6) is 1.52.